The van der Waals surface area contributed by atoms with Crippen LogP contribution in [0.5, 0.6) is 0 Å². The Bertz CT molecular complexity index is 627. The number of halogens is 1. The van der Waals surface area contributed by atoms with Crippen molar-refractivity contribution in [3.63, 3.8) is 0 Å². The largest absolute Gasteiger partial charge is 0.290 e. The second-order valence-electron chi connectivity index (χ2n) is 3.37. The zero-order valence-electron chi connectivity index (χ0n) is 9.61. The van der Waals surface area contributed by atoms with Crippen molar-refractivity contribution < 1.29 is 16.8 Å². The van der Waals surface area contributed by atoms with Gasteiger partial charge in [0.05, 0.1) is 4.90 Å². The Kier molecular flexibility index (Phi) is 4.51. The normalized spacial score (nSPS) is 13.2. The van der Waals surface area contributed by atoms with Crippen molar-refractivity contribution in [3.05, 3.63) is 28.7 Å². The Hall–Kier alpha value is -0.520. The molecule has 0 spiro atoms. The van der Waals surface area contributed by atoms with Gasteiger partial charge >= 0.3 is 0 Å². The molecule has 18 heavy (non-hydrogen) atoms. The van der Waals surface area contributed by atoms with Gasteiger partial charge in [0.25, 0.3) is 20.2 Å². The predicted molar refractivity (Wildman–Crippen MR) is 70.0 cm³/mol. The summed E-state index contributed by atoms with van der Waals surface area (Å²) in [4.78, 5) is -0.0382. The lowest BCUT2D eigenvalue weighted by atomic mass is 10.4. The number of hydrazine groups is 1. The molecule has 0 fully saturated rings. The number of rotatable bonds is 4. The predicted octanol–water partition coefficient (Wildman–Crippen LogP) is 0.120. The lowest BCUT2D eigenvalue weighted by molar-refractivity contribution is 0.234. The number of hydrogen-bond acceptors (Lipinski definition) is 4. The summed E-state index contributed by atoms with van der Waals surface area (Å²) in [7, 11) is -5.94. The molecule has 1 rings (SSSR count). The van der Waals surface area contributed by atoms with Crippen molar-refractivity contribution in [2.75, 3.05) is 14.1 Å². The summed E-state index contributed by atoms with van der Waals surface area (Å²) >= 11 is 3.18. The van der Waals surface area contributed by atoms with Crippen LogP contribution in [-0.2, 0) is 20.2 Å². The highest BCUT2D eigenvalue weighted by molar-refractivity contribution is 9.10. The average molecular weight is 358 g/mol. The highest BCUT2D eigenvalue weighted by atomic mass is 79.9. The van der Waals surface area contributed by atoms with E-state index >= 15 is 0 Å². The van der Waals surface area contributed by atoms with Gasteiger partial charge in [0.2, 0.25) is 0 Å². The lowest BCUT2D eigenvalue weighted by Gasteiger charge is -2.24. The molecular formula is C8H12BrN3O4S2. The molecule has 0 unspecified atom stereocenters. The van der Waals surface area contributed by atoms with E-state index in [9.17, 15) is 16.8 Å². The summed E-state index contributed by atoms with van der Waals surface area (Å²) < 4.78 is 48.1. The van der Waals surface area contributed by atoms with Gasteiger partial charge in [-0.15, -0.1) is 8.83 Å². The number of hydrogen-bond donors (Lipinski definition) is 1. The highest BCUT2D eigenvalue weighted by Crippen LogP contribution is 2.19. The third kappa shape index (κ3) is 3.28. The van der Waals surface area contributed by atoms with Crippen molar-refractivity contribution in [2.45, 2.75) is 4.90 Å². The Morgan fingerprint density at radius 1 is 1.00 bits per heavy atom. The first-order chi connectivity index (χ1) is 8.06. The maximum absolute atomic E-state index is 12.1. The molecule has 10 heteroatoms. The van der Waals surface area contributed by atoms with E-state index in [1.54, 1.807) is 0 Å². The molecule has 0 bridgehead atoms. The van der Waals surface area contributed by atoms with Gasteiger partial charge in [-0.1, -0.05) is 15.9 Å². The first-order valence-corrected chi connectivity index (χ1v) is 8.31. The Labute approximate surface area is 115 Å². The molecule has 2 N–H and O–H groups in total. The van der Waals surface area contributed by atoms with Crippen LogP contribution in [0.15, 0.2) is 33.6 Å². The number of nitrogens with two attached hydrogens (primary N) is 1. The van der Waals surface area contributed by atoms with E-state index in [1.165, 1.54) is 24.3 Å². The number of benzene rings is 1. The van der Waals surface area contributed by atoms with Crippen LogP contribution in [-0.4, -0.2) is 39.8 Å². The van der Waals surface area contributed by atoms with Gasteiger partial charge in [-0.3, -0.25) is 0 Å². The molecule has 0 saturated carbocycles. The molecule has 0 aromatic heterocycles. The van der Waals surface area contributed by atoms with E-state index < -0.39 is 20.2 Å². The smallest absolute Gasteiger partial charge is 0.214 e. The van der Waals surface area contributed by atoms with Crippen LogP contribution in [0, 0.1) is 0 Å². The SMILES string of the molecule is CN(N(C)S(=O)(=O)c1ccc(Br)cc1)S(N)(=O)=O. The molecule has 0 aliphatic heterocycles. The van der Waals surface area contributed by atoms with E-state index in [0.717, 1.165) is 14.1 Å². The zero-order valence-corrected chi connectivity index (χ0v) is 12.8. The fourth-order valence-electron chi connectivity index (χ4n) is 1.07. The van der Waals surface area contributed by atoms with Crippen molar-refractivity contribution in [2.24, 2.45) is 5.14 Å². The summed E-state index contributed by atoms with van der Waals surface area (Å²) in [5, 5.41) is 4.86. The molecular weight excluding hydrogens is 346 g/mol. The summed E-state index contributed by atoms with van der Waals surface area (Å²) in [6.45, 7) is 0. The van der Waals surface area contributed by atoms with Gasteiger partial charge < -0.3 is 0 Å². The molecule has 0 atom stereocenters. The molecule has 0 heterocycles. The molecule has 0 aliphatic carbocycles. The van der Waals surface area contributed by atoms with E-state index in [1.807, 2.05) is 0 Å². The monoisotopic (exact) mass is 357 g/mol. The van der Waals surface area contributed by atoms with E-state index in [2.05, 4.69) is 15.9 Å². The van der Waals surface area contributed by atoms with E-state index in [4.69, 9.17) is 5.14 Å². The maximum atomic E-state index is 12.1. The Balaban J connectivity index is 3.19. The molecule has 0 radical (unpaired) electrons. The first-order valence-electron chi connectivity index (χ1n) is 4.58. The molecule has 1 aromatic carbocycles. The van der Waals surface area contributed by atoms with Crippen LogP contribution < -0.4 is 5.14 Å². The molecule has 0 amide bonds. The second-order valence-corrected chi connectivity index (χ2v) is 7.80. The summed E-state index contributed by atoms with van der Waals surface area (Å²) in [6, 6.07) is 5.79. The molecule has 102 valence electrons. The maximum Gasteiger partial charge on any atom is 0.290 e. The van der Waals surface area contributed by atoms with Crippen LogP contribution in [0.4, 0.5) is 0 Å². The fourth-order valence-corrected chi connectivity index (χ4v) is 3.29. The van der Waals surface area contributed by atoms with Crippen LogP contribution in [0.1, 0.15) is 0 Å². The van der Waals surface area contributed by atoms with Gasteiger partial charge in [-0.05, 0) is 24.3 Å². The van der Waals surface area contributed by atoms with Crippen molar-refractivity contribution in [1.29, 1.82) is 0 Å². The zero-order chi connectivity index (χ0) is 14.1. The lowest BCUT2D eigenvalue weighted by Crippen LogP contribution is -2.47. The molecule has 0 aliphatic rings. The standard InChI is InChI=1S/C8H12BrN3O4S2/c1-11(12(2)18(10,15)16)17(13,14)8-5-3-7(9)4-6-8/h3-6H,1-2H3,(H2,10,15,16). The molecule has 1 aromatic rings. The van der Waals surface area contributed by atoms with Gasteiger partial charge in [0, 0.05) is 18.6 Å². The summed E-state index contributed by atoms with van der Waals surface area (Å²) in [6.07, 6.45) is 0. The second kappa shape index (κ2) is 5.23. The molecule has 0 saturated heterocycles. The first kappa shape index (κ1) is 15.5. The van der Waals surface area contributed by atoms with E-state index in [0.29, 0.717) is 13.3 Å². The third-order valence-corrected chi connectivity index (χ3v) is 5.65. The Morgan fingerprint density at radius 3 is 1.83 bits per heavy atom. The number of nitrogens with zero attached hydrogens (tertiary/aromatic N) is 2. The van der Waals surface area contributed by atoms with Crippen molar-refractivity contribution in [3.8, 4) is 0 Å². The molecule has 7 nitrogen and oxygen atoms in total. The summed E-state index contributed by atoms with van der Waals surface area (Å²) in [5.74, 6) is 0. The highest BCUT2D eigenvalue weighted by Gasteiger charge is 2.29. The van der Waals surface area contributed by atoms with Crippen molar-refractivity contribution in [1.82, 2.24) is 8.83 Å². The van der Waals surface area contributed by atoms with Crippen LogP contribution >= 0.6 is 15.9 Å². The van der Waals surface area contributed by atoms with Crippen molar-refractivity contribution >= 4 is 36.2 Å². The minimum absolute atomic E-state index is 0.0382. The quantitative estimate of drug-likeness (QED) is 0.773. The minimum Gasteiger partial charge on any atom is -0.214 e. The van der Waals surface area contributed by atoms with Gasteiger partial charge in [0.15, 0.2) is 0 Å². The van der Waals surface area contributed by atoms with Gasteiger partial charge in [0.1, 0.15) is 0 Å². The fraction of sp³-hybridized carbons (Fsp3) is 0.250. The van der Waals surface area contributed by atoms with Gasteiger partial charge in [-0.2, -0.15) is 8.42 Å². The van der Waals surface area contributed by atoms with E-state index in [-0.39, 0.29) is 4.90 Å². The minimum atomic E-state index is -4.13. The topological polar surface area (TPSA) is 101 Å². The summed E-state index contributed by atoms with van der Waals surface area (Å²) in [5.41, 5.74) is 0. The van der Waals surface area contributed by atoms with Gasteiger partial charge in [-0.25, -0.2) is 13.6 Å². The van der Waals surface area contributed by atoms with Crippen LogP contribution in [0.25, 0.3) is 0 Å². The average Bonchev–Trinajstić information content (AvgIpc) is 2.26. The number of sulfonamides is 1. The van der Waals surface area contributed by atoms with Crippen LogP contribution in [0.2, 0.25) is 0 Å². The Morgan fingerprint density at radius 2 is 1.44 bits per heavy atom. The third-order valence-electron chi connectivity index (χ3n) is 2.22. The van der Waals surface area contributed by atoms with Crippen LogP contribution in [0.3, 0.4) is 0 Å².